The van der Waals surface area contributed by atoms with E-state index in [1.807, 2.05) is 23.6 Å². The molecule has 0 aliphatic carbocycles. The summed E-state index contributed by atoms with van der Waals surface area (Å²) < 4.78 is 5.34. The lowest BCUT2D eigenvalue weighted by Crippen LogP contribution is -2.25. The Morgan fingerprint density at radius 3 is 2.90 bits per heavy atom. The molecule has 0 fully saturated rings. The Morgan fingerprint density at radius 2 is 2.14 bits per heavy atom. The number of nitrogens with one attached hydrogen (secondary N) is 1. The van der Waals surface area contributed by atoms with Crippen LogP contribution in [0.25, 0.3) is 11.5 Å². The van der Waals surface area contributed by atoms with Gasteiger partial charge >= 0.3 is 0 Å². The first-order valence-electron chi connectivity index (χ1n) is 6.46. The van der Waals surface area contributed by atoms with Gasteiger partial charge in [-0.15, -0.1) is 11.3 Å². The minimum absolute atomic E-state index is 0.0338. The fourth-order valence-electron chi connectivity index (χ4n) is 1.93. The Kier molecular flexibility index (Phi) is 4.07. The van der Waals surface area contributed by atoms with E-state index >= 15 is 0 Å². The lowest BCUT2D eigenvalue weighted by atomic mass is 10.2. The van der Waals surface area contributed by atoms with Gasteiger partial charge in [0.15, 0.2) is 5.76 Å². The van der Waals surface area contributed by atoms with Crippen LogP contribution in [0.5, 0.6) is 0 Å². The molecule has 3 aromatic heterocycles. The van der Waals surface area contributed by atoms with Crippen molar-refractivity contribution in [3.05, 3.63) is 58.9 Å². The maximum Gasteiger partial charge on any atom is 0.225 e. The summed E-state index contributed by atoms with van der Waals surface area (Å²) in [6.45, 7) is 0.327. The number of rotatable bonds is 5. The Bertz CT molecular complexity index is 708. The monoisotopic (exact) mass is 299 g/mol. The average molecular weight is 299 g/mol. The number of carbonyl (C=O) groups excluding carboxylic acids is 1. The van der Waals surface area contributed by atoms with Crippen molar-refractivity contribution in [2.45, 2.75) is 13.0 Å². The number of nitrogens with zero attached hydrogens (tertiary/aromatic N) is 2. The van der Waals surface area contributed by atoms with E-state index in [-0.39, 0.29) is 5.91 Å². The molecular formula is C15H13N3O2S. The molecule has 0 aliphatic rings. The smallest absolute Gasteiger partial charge is 0.225 e. The highest BCUT2D eigenvalue weighted by Crippen LogP contribution is 2.19. The maximum atomic E-state index is 11.9. The summed E-state index contributed by atoms with van der Waals surface area (Å²) in [6.07, 6.45) is 5.18. The van der Waals surface area contributed by atoms with Crippen LogP contribution >= 0.6 is 11.3 Å². The van der Waals surface area contributed by atoms with Gasteiger partial charge in [0, 0.05) is 17.3 Å². The van der Waals surface area contributed by atoms with Gasteiger partial charge in [-0.2, -0.15) is 0 Å². The lowest BCUT2D eigenvalue weighted by Gasteiger charge is -2.07. The van der Waals surface area contributed by atoms with Crippen molar-refractivity contribution in [1.82, 2.24) is 15.3 Å². The van der Waals surface area contributed by atoms with E-state index in [1.165, 1.54) is 0 Å². The zero-order valence-electron chi connectivity index (χ0n) is 11.2. The molecule has 0 bridgehead atoms. The fourth-order valence-corrected chi connectivity index (χ4v) is 2.64. The van der Waals surface area contributed by atoms with E-state index in [2.05, 4.69) is 15.3 Å². The van der Waals surface area contributed by atoms with Crippen molar-refractivity contribution in [2.24, 2.45) is 0 Å². The predicted octanol–water partition coefficient (Wildman–Crippen LogP) is 2.66. The molecule has 106 valence electrons. The van der Waals surface area contributed by atoms with E-state index < -0.39 is 0 Å². The van der Waals surface area contributed by atoms with Crippen molar-refractivity contribution in [2.75, 3.05) is 0 Å². The number of hydrogen-bond donors (Lipinski definition) is 1. The molecule has 6 heteroatoms. The van der Waals surface area contributed by atoms with Crippen molar-refractivity contribution in [3.63, 3.8) is 0 Å². The predicted molar refractivity (Wildman–Crippen MR) is 79.6 cm³/mol. The number of aromatic nitrogens is 2. The third-order valence-corrected chi connectivity index (χ3v) is 3.77. The zero-order chi connectivity index (χ0) is 14.5. The number of carbonyl (C=O) groups is 1. The summed E-state index contributed by atoms with van der Waals surface area (Å²) >= 11 is 1.57. The quantitative estimate of drug-likeness (QED) is 0.786. The van der Waals surface area contributed by atoms with E-state index in [0.717, 1.165) is 4.88 Å². The molecule has 0 saturated heterocycles. The molecule has 5 nitrogen and oxygen atoms in total. The summed E-state index contributed by atoms with van der Waals surface area (Å²) in [6, 6.07) is 7.50. The molecule has 0 spiro atoms. The van der Waals surface area contributed by atoms with Crippen LogP contribution < -0.4 is 5.32 Å². The van der Waals surface area contributed by atoms with Gasteiger partial charge in [-0.05, 0) is 23.6 Å². The Morgan fingerprint density at radius 1 is 1.24 bits per heavy atom. The molecule has 0 atom stereocenters. The second-order valence-corrected chi connectivity index (χ2v) is 5.39. The molecule has 0 unspecified atom stereocenters. The second-order valence-electron chi connectivity index (χ2n) is 4.36. The first-order valence-corrected chi connectivity index (χ1v) is 7.34. The molecule has 3 heterocycles. The zero-order valence-corrected chi connectivity index (χ0v) is 12.0. The van der Waals surface area contributed by atoms with Crippen molar-refractivity contribution < 1.29 is 9.21 Å². The van der Waals surface area contributed by atoms with Gasteiger partial charge in [-0.3, -0.25) is 9.78 Å². The third-order valence-electron chi connectivity index (χ3n) is 2.90. The Hall–Kier alpha value is -2.47. The number of hydrogen-bond acceptors (Lipinski definition) is 5. The molecule has 1 N–H and O–H groups in total. The third kappa shape index (κ3) is 3.35. The molecule has 3 aromatic rings. The molecule has 1 amide bonds. The molecular weight excluding hydrogens is 286 g/mol. The molecule has 0 aromatic carbocycles. The fraction of sp³-hybridized carbons (Fsp3) is 0.133. The SMILES string of the molecule is O=C(Cc1cccs1)NCc1nccnc1-c1ccco1. The average Bonchev–Trinajstić information content (AvgIpc) is 3.18. The Balaban J connectivity index is 1.67. The van der Waals surface area contributed by atoms with Crippen LogP contribution in [0.4, 0.5) is 0 Å². The van der Waals surface area contributed by atoms with Gasteiger partial charge < -0.3 is 9.73 Å². The van der Waals surface area contributed by atoms with Crippen LogP contribution in [0.15, 0.2) is 52.7 Å². The van der Waals surface area contributed by atoms with Gasteiger partial charge in [-0.1, -0.05) is 6.07 Å². The Labute approximate surface area is 125 Å². The molecule has 0 aliphatic heterocycles. The number of amides is 1. The van der Waals surface area contributed by atoms with Gasteiger partial charge in [0.05, 0.1) is 24.9 Å². The number of furan rings is 1. The van der Waals surface area contributed by atoms with E-state index in [4.69, 9.17) is 4.42 Å². The van der Waals surface area contributed by atoms with Gasteiger partial charge in [-0.25, -0.2) is 4.98 Å². The van der Waals surface area contributed by atoms with Crippen LogP contribution in [0.3, 0.4) is 0 Å². The summed E-state index contributed by atoms with van der Waals surface area (Å²) in [4.78, 5) is 21.5. The van der Waals surface area contributed by atoms with E-state index in [1.54, 1.807) is 36.1 Å². The van der Waals surface area contributed by atoms with Crippen LogP contribution in [0.1, 0.15) is 10.6 Å². The molecule has 3 rings (SSSR count). The molecule has 0 saturated carbocycles. The van der Waals surface area contributed by atoms with Crippen molar-refractivity contribution in [3.8, 4) is 11.5 Å². The highest BCUT2D eigenvalue weighted by atomic mass is 32.1. The normalized spacial score (nSPS) is 10.5. The van der Waals surface area contributed by atoms with Crippen LogP contribution in [-0.2, 0) is 17.8 Å². The highest BCUT2D eigenvalue weighted by Gasteiger charge is 2.11. The highest BCUT2D eigenvalue weighted by molar-refractivity contribution is 7.10. The van der Waals surface area contributed by atoms with Gasteiger partial charge in [0.2, 0.25) is 5.91 Å². The van der Waals surface area contributed by atoms with Crippen LogP contribution in [0, 0.1) is 0 Å². The van der Waals surface area contributed by atoms with Crippen molar-refractivity contribution in [1.29, 1.82) is 0 Å². The summed E-state index contributed by atoms with van der Waals surface area (Å²) in [5.41, 5.74) is 1.34. The first kappa shape index (κ1) is 13.5. The summed E-state index contributed by atoms with van der Waals surface area (Å²) in [5.74, 6) is 0.610. The minimum Gasteiger partial charge on any atom is -0.463 e. The van der Waals surface area contributed by atoms with Crippen molar-refractivity contribution >= 4 is 17.2 Å². The lowest BCUT2D eigenvalue weighted by molar-refractivity contribution is -0.120. The topological polar surface area (TPSA) is 68.0 Å². The van der Waals surface area contributed by atoms with E-state index in [0.29, 0.717) is 30.1 Å². The van der Waals surface area contributed by atoms with Gasteiger partial charge in [0.1, 0.15) is 5.69 Å². The summed E-state index contributed by atoms with van der Waals surface area (Å²) in [7, 11) is 0. The standard InChI is InChI=1S/C15H13N3O2S/c19-14(9-11-3-2-8-21-11)18-10-12-15(17-6-5-16-12)13-4-1-7-20-13/h1-8H,9-10H2,(H,18,19). The minimum atomic E-state index is -0.0338. The number of thiophene rings is 1. The van der Waals surface area contributed by atoms with Crippen LogP contribution in [-0.4, -0.2) is 15.9 Å². The molecule has 21 heavy (non-hydrogen) atoms. The maximum absolute atomic E-state index is 11.9. The van der Waals surface area contributed by atoms with Crippen LogP contribution in [0.2, 0.25) is 0 Å². The second kappa shape index (κ2) is 6.32. The summed E-state index contributed by atoms with van der Waals surface area (Å²) in [5, 5.41) is 4.82. The first-order chi connectivity index (χ1) is 10.3. The van der Waals surface area contributed by atoms with E-state index in [9.17, 15) is 4.79 Å². The molecule has 0 radical (unpaired) electrons. The largest absolute Gasteiger partial charge is 0.463 e. The van der Waals surface area contributed by atoms with Gasteiger partial charge in [0.25, 0.3) is 0 Å².